The Morgan fingerprint density at radius 2 is 1.88 bits per heavy atom. The van der Waals surface area contributed by atoms with Crippen molar-refractivity contribution in [1.82, 2.24) is 25.2 Å². The zero-order valence-electron chi connectivity index (χ0n) is 19.3. The van der Waals surface area contributed by atoms with Gasteiger partial charge in [-0.2, -0.15) is 0 Å². The van der Waals surface area contributed by atoms with Crippen LogP contribution in [0.2, 0.25) is 0 Å². The molecule has 3 heterocycles. The normalized spacial score (nSPS) is 13.8. The summed E-state index contributed by atoms with van der Waals surface area (Å²) in [5, 5.41) is 13.3. The number of nitrogens with one attached hydrogen (secondary N) is 1. The first-order valence-corrected chi connectivity index (χ1v) is 11.0. The van der Waals surface area contributed by atoms with Gasteiger partial charge in [0.25, 0.3) is 5.56 Å². The fraction of sp³-hybridized carbons (Fsp3) is 0.333. The van der Waals surface area contributed by atoms with Crippen molar-refractivity contribution in [3.8, 4) is 11.5 Å². The molecule has 2 aromatic heterocycles. The van der Waals surface area contributed by atoms with Crippen LogP contribution in [-0.4, -0.2) is 59.7 Å². The van der Waals surface area contributed by atoms with E-state index in [0.717, 1.165) is 24.0 Å². The molecule has 0 amide bonds. The average molecular weight is 463 g/mol. The number of hydrogen-bond donors (Lipinski definition) is 1. The number of tetrazole rings is 1. The molecule has 0 radical (unpaired) electrons. The van der Waals surface area contributed by atoms with Gasteiger partial charge in [-0.1, -0.05) is 18.2 Å². The number of ether oxygens (including phenoxy) is 3. The van der Waals surface area contributed by atoms with E-state index in [0.29, 0.717) is 41.6 Å². The first-order valence-electron chi connectivity index (χ1n) is 11.0. The molecule has 1 aliphatic rings. The molecule has 0 unspecified atom stereocenters. The lowest BCUT2D eigenvalue weighted by atomic mass is 10.0. The SMILES string of the molecule is COCCn1nnnc1[C@@H](c1cc2cc(OC)c(OC)cc2[nH]c1=O)N1CCc2ccccc21. The van der Waals surface area contributed by atoms with Crippen molar-refractivity contribution in [3.63, 3.8) is 0 Å². The number of para-hydroxylation sites is 1. The van der Waals surface area contributed by atoms with Crippen LogP contribution in [0.3, 0.4) is 0 Å². The Morgan fingerprint density at radius 1 is 1.09 bits per heavy atom. The maximum absolute atomic E-state index is 13.5. The summed E-state index contributed by atoms with van der Waals surface area (Å²) in [7, 11) is 4.79. The number of rotatable bonds is 8. The van der Waals surface area contributed by atoms with Crippen molar-refractivity contribution >= 4 is 16.6 Å². The van der Waals surface area contributed by atoms with Gasteiger partial charge < -0.3 is 24.1 Å². The maximum atomic E-state index is 13.5. The number of hydrogen-bond acceptors (Lipinski definition) is 8. The molecule has 1 atom stereocenters. The Morgan fingerprint density at radius 3 is 2.68 bits per heavy atom. The molecular weight excluding hydrogens is 436 g/mol. The number of fused-ring (bicyclic) bond motifs is 2. The van der Waals surface area contributed by atoms with Gasteiger partial charge >= 0.3 is 0 Å². The Labute approximate surface area is 196 Å². The van der Waals surface area contributed by atoms with Crippen molar-refractivity contribution in [3.05, 3.63) is 69.8 Å². The lowest BCUT2D eigenvalue weighted by Gasteiger charge is -2.29. The van der Waals surface area contributed by atoms with Crippen LogP contribution in [0, 0.1) is 0 Å². The highest BCUT2D eigenvalue weighted by atomic mass is 16.5. The van der Waals surface area contributed by atoms with Gasteiger partial charge in [0.1, 0.15) is 6.04 Å². The van der Waals surface area contributed by atoms with Crippen LogP contribution in [-0.2, 0) is 17.7 Å². The van der Waals surface area contributed by atoms with E-state index in [2.05, 4.69) is 37.5 Å². The second-order valence-corrected chi connectivity index (χ2v) is 8.08. The third-order valence-corrected chi connectivity index (χ3v) is 6.22. The fourth-order valence-corrected chi connectivity index (χ4v) is 4.58. The summed E-state index contributed by atoms with van der Waals surface area (Å²) in [6.07, 6.45) is 0.878. The number of nitrogens with zero attached hydrogens (tertiary/aromatic N) is 5. The molecule has 4 aromatic rings. The highest BCUT2D eigenvalue weighted by Crippen LogP contribution is 2.38. The average Bonchev–Trinajstić information content (AvgIpc) is 3.50. The van der Waals surface area contributed by atoms with Crippen LogP contribution in [0.1, 0.15) is 23.0 Å². The van der Waals surface area contributed by atoms with Crippen LogP contribution in [0.5, 0.6) is 11.5 Å². The summed E-state index contributed by atoms with van der Waals surface area (Å²) in [6, 6.07) is 13.2. The summed E-state index contributed by atoms with van der Waals surface area (Å²) < 4.78 is 17.8. The van der Waals surface area contributed by atoms with E-state index in [4.69, 9.17) is 14.2 Å². The molecule has 5 rings (SSSR count). The highest BCUT2D eigenvalue weighted by molar-refractivity contribution is 5.83. The van der Waals surface area contributed by atoms with E-state index < -0.39 is 6.04 Å². The van der Waals surface area contributed by atoms with Crippen LogP contribution in [0.4, 0.5) is 5.69 Å². The minimum atomic E-state index is -0.489. The lowest BCUT2D eigenvalue weighted by Crippen LogP contribution is -2.34. The van der Waals surface area contributed by atoms with Gasteiger partial charge in [0.15, 0.2) is 17.3 Å². The number of anilines is 1. The summed E-state index contributed by atoms with van der Waals surface area (Å²) >= 11 is 0. The second-order valence-electron chi connectivity index (χ2n) is 8.08. The zero-order chi connectivity index (χ0) is 23.7. The molecule has 0 spiro atoms. The smallest absolute Gasteiger partial charge is 0.254 e. The van der Waals surface area contributed by atoms with Gasteiger partial charge in [0.2, 0.25) is 0 Å². The largest absolute Gasteiger partial charge is 0.493 e. The molecule has 176 valence electrons. The van der Waals surface area contributed by atoms with Crippen LogP contribution < -0.4 is 19.9 Å². The standard InChI is InChI=1S/C24H26N6O4/c1-32-11-10-30-23(26-27-28-30)22(29-9-8-15-6-4-5-7-19(15)29)17-12-16-13-20(33-2)21(34-3)14-18(16)25-24(17)31/h4-7,12-14,22H,8-11H2,1-3H3,(H,25,31)/t22-/m1/s1. The van der Waals surface area contributed by atoms with Crippen LogP contribution in [0.25, 0.3) is 10.9 Å². The van der Waals surface area contributed by atoms with Gasteiger partial charge in [-0.15, -0.1) is 5.10 Å². The quantitative estimate of drug-likeness (QED) is 0.425. The molecule has 34 heavy (non-hydrogen) atoms. The molecular formula is C24H26N6O4. The summed E-state index contributed by atoms with van der Waals surface area (Å²) in [4.78, 5) is 18.7. The van der Waals surface area contributed by atoms with E-state index >= 15 is 0 Å². The number of methoxy groups -OCH3 is 3. The van der Waals surface area contributed by atoms with E-state index in [-0.39, 0.29) is 5.56 Å². The van der Waals surface area contributed by atoms with Gasteiger partial charge in [-0.25, -0.2) is 4.68 Å². The predicted molar refractivity (Wildman–Crippen MR) is 127 cm³/mol. The molecule has 2 aromatic carbocycles. The van der Waals surface area contributed by atoms with E-state index in [1.165, 1.54) is 5.56 Å². The Hall–Kier alpha value is -3.92. The molecule has 1 aliphatic heterocycles. The van der Waals surface area contributed by atoms with Crippen molar-refractivity contribution in [1.29, 1.82) is 0 Å². The molecule has 10 heteroatoms. The third-order valence-electron chi connectivity index (χ3n) is 6.22. The molecule has 0 saturated heterocycles. The number of benzene rings is 2. The molecule has 0 saturated carbocycles. The fourth-order valence-electron chi connectivity index (χ4n) is 4.58. The lowest BCUT2D eigenvalue weighted by molar-refractivity contribution is 0.181. The van der Waals surface area contributed by atoms with Crippen LogP contribution in [0.15, 0.2) is 47.3 Å². The predicted octanol–water partition coefficient (Wildman–Crippen LogP) is 2.33. The third kappa shape index (κ3) is 3.75. The monoisotopic (exact) mass is 462 g/mol. The van der Waals surface area contributed by atoms with Gasteiger partial charge in [0, 0.05) is 36.4 Å². The van der Waals surface area contributed by atoms with Gasteiger partial charge in [0.05, 0.1) is 32.9 Å². The molecule has 0 bridgehead atoms. The number of aromatic nitrogens is 5. The van der Waals surface area contributed by atoms with E-state index in [9.17, 15) is 4.79 Å². The maximum Gasteiger partial charge on any atom is 0.254 e. The highest BCUT2D eigenvalue weighted by Gasteiger charge is 2.34. The Kier molecular flexibility index (Phi) is 5.89. The first-order chi connectivity index (χ1) is 16.6. The number of aromatic amines is 1. The van der Waals surface area contributed by atoms with E-state index in [1.807, 2.05) is 24.3 Å². The van der Waals surface area contributed by atoms with Crippen molar-refractivity contribution in [2.45, 2.75) is 19.0 Å². The summed E-state index contributed by atoms with van der Waals surface area (Å²) in [5.41, 5.74) is 3.29. The molecule has 1 N–H and O–H groups in total. The summed E-state index contributed by atoms with van der Waals surface area (Å²) in [6.45, 7) is 1.66. The minimum Gasteiger partial charge on any atom is -0.493 e. The van der Waals surface area contributed by atoms with Crippen molar-refractivity contribution in [2.75, 3.05) is 39.4 Å². The van der Waals surface area contributed by atoms with Gasteiger partial charge in [-0.3, -0.25) is 4.79 Å². The molecule has 10 nitrogen and oxygen atoms in total. The molecule has 0 aliphatic carbocycles. The van der Waals surface area contributed by atoms with Gasteiger partial charge in [-0.05, 0) is 40.6 Å². The van der Waals surface area contributed by atoms with E-state index in [1.54, 1.807) is 32.1 Å². The van der Waals surface area contributed by atoms with Crippen LogP contribution >= 0.6 is 0 Å². The van der Waals surface area contributed by atoms with Crippen molar-refractivity contribution < 1.29 is 14.2 Å². The van der Waals surface area contributed by atoms with Crippen molar-refractivity contribution in [2.24, 2.45) is 0 Å². The first kappa shape index (κ1) is 21.9. The minimum absolute atomic E-state index is 0.213. The number of H-pyrrole nitrogens is 1. The second kappa shape index (κ2) is 9.14. The Bertz CT molecular complexity index is 1380. The zero-order valence-corrected chi connectivity index (χ0v) is 19.3. The Balaban J connectivity index is 1.70. The number of pyridine rings is 1. The summed E-state index contributed by atoms with van der Waals surface area (Å²) in [5.74, 6) is 1.71. The topological polar surface area (TPSA) is 107 Å². The molecule has 0 fully saturated rings.